The number of hydrogen-bond donors (Lipinski definition) is 0. The minimum Gasteiger partial charge on any atom is -0.410 e. The summed E-state index contributed by atoms with van der Waals surface area (Å²) in [4.78, 5) is 15.5. The summed E-state index contributed by atoms with van der Waals surface area (Å²) in [5.74, 6) is -0.0111. The summed E-state index contributed by atoms with van der Waals surface area (Å²) >= 11 is 0. The zero-order valence-electron chi connectivity index (χ0n) is 12.1. The highest BCUT2D eigenvalue weighted by Gasteiger charge is 2.28. The lowest BCUT2D eigenvalue weighted by Crippen LogP contribution is -2.26. The van der Waals surface area contributed by atoms with Gasteiger partial charge in [0.15, 0.2) is 5.78 Å². The van der Waals surface area contributed by atoms with Gasteiger partial charge in [0.2, 0.25) is 9.04 Å². The number of pyridine rings is 1. The van der Waals surface area contributed by atoms with E-state index in [9.17, 15) is 4.79 Å². The third kappa shape index (κ3) is 4.03. The molecule has 1 atom stereocenters. The normalized spacial score (nSPS) is 13.7. The maximum atomic E-state index is 11.4. The Hall–Kier alpha value is -1.00. The molecule has 0 bridgehead atoms. The summed E-state index contributed by atoms with van der Waals surface area (Å²) in [6.45, 7) is 12.2. The van der Waals surface area contributed by atoms with Gasteiger partial charge in [0.1, 0.15) is 5.69 Å². The molecule has 0 fully saturated rings. The summed E-state index contributed by atoms with van der Waals surface area (Å²) in [5, 5.41) is 0. The monoisotopic (exact) mass is 264 g/mol. The lowest BCUT2D eigenvalue weighted by Gasteiger charge is -2.32. The molecule has 0 aliphatic rings. The number of aromatic nitrogens is 1. The van der Waals surface area contributed by atoms with E-state index >= 15 is 0 Å². The lowest BCUT2D eigenvalue weighted by atomic mass is 9.85. The molecule has 0 saturated carbocycles. The van der Waals surface area contributed by atoms with Crippen LogP contribution in [-0.2, 0) is 4.43 Å². The van der Waals surface area contributed by atoms with E-state index in [-0.39, 0.29) is 17.3 Å². The molecule has 1 aromatic heterocycles. The first-order valence-electron chi connectivity index (χ1n) is 6.15. The van der Waals surface area contributed by atoms with E-state index in [1.165, 1.54) is 6.92 Å². The summed E-state index contributed by atoms with van der Waals surface area (Å²) < 4.78 is 6.10. The summed E-state index contributed by atoms with van der Waals surface area (Å²) in [5.41, 5.74) is 1.54. The van der Waals surface area contributed by atoms with Gasteiger partial charge in [0.05, 0.1) is 6.10 Å². The highest BCUT2D eigenvalue weighted by molar-refractivity contribution is 6.48. The van der Waals surface area contributed by atoms with Crippen molar-refractivity contribution in [1.82, 2.24) is 4.98 Å². The van der Waals surface area contributed by atoms with Gasteiger partial charge >= 0.3 is 0 Å². The van der Waals surface area contributed by atoms with Crippen molar-refractivity contribution in [2.75, 3.05) is 0 Å². The number of hydrogen-bond acceptors (Lipinski definition) is 3. The van der Waals surface area contributed by atoms with Crippen LogP contribution in [0.25, 0.3) is 0 Å². The summed E-state index contributed by atoms with van der Waals surface area (Å²) in [6, 6.07) is 3.79. The minimum atomic E-state index is -0.801. The smallest absolute Gasteiger partial charge is 0.205 e. The fraction of sp³-hybridized carbons (Fsp3) is 0.571. The van der Waals surface area contributed by atoms with Crippen LogP contribution in [0.1, 0.15) is 49.9 Å². The van der Waals surface area contributed by atoms with Crippen molar-refractivity contribution < 1.29 is 9.22 Å². The first-order valence-corrected chi connectivity index (χ1v) is 8.56. The molecule has 1 heterocycles. The van der Waals surface area contributed by atoms with E-state index in [2.05, 4.69) is 38.8 Å². The van der Waals surface area contributed by atoms with Gasteiger partial charge in [0, 0.05) is 13.1 Å². The highest BCUT2D eigenvalue weighted by Crippen LogP contribution is 2.36. The number of rotatable bonds is 4. The molecule has 1 aromatic rings. The molecule has 0 aliphatic carbocycles. The minimum absolute atomic E-state index is 0.00230. The van der Waals surface area contributed by atoms with Crippen molar-refractivity contribution in [3.63, 3.8) is 0 Å². The van der Waals surface area contributed by atoms with Crippen LogP contribution in [0.4, 0.5) is 0 Å². The van der Waals surface area contributed by atoms with Gasteiger partial charge in [0.25, 0.3) is 0 Å². The van der Waals surface area contributed by atoms with Crippen molar-refractivity contribution in [3.8, 4) is 0 Å². The molecule has 99 valence electrons. The predicted molar refractivity (Wildman–Crippen MR) is 75.0 cm³/mol. The van der Waals surface area contributed by atoms with Crippen molar-refractivity contribution >= 4 is 14.8 Å². The number of nitrogens with zero attached hydrogens (tertiary/aromatic N) is 1. The van der Waals surface area contributed by atoms with Crippen LogP contribution in [0.2, 0.25) is 13.1 Å². The van der Waals surface area contributed by atoms with Gasteiger partial charge in [-0.3, -0.25) is 9.78 Å². The maximum Gasteiger partial charge on any atom is 0.205 e. The Morgan fingerprint density at radius 3 is 2.44 bits per heavy atom. The van der Waals surface area contributed by atoms with Gasteiger partial charge < -0.3 is 4.43 Å². The van der Waals surface area contributed by atoms with E-state index in [1.807, 2.05) is 12.1 Å². The quantitative estimate of drug-likeness (QED) is 0.615. The van der Waals surface area contributed by atoms with E-state index in [1.54, 1.807) is 6.20 Å². The highest BCUT2D eigenvalue weighted by atomic mass is 28.3. The largest absolute Gasteiger partial charge is 0.410 e. The molecule has 0 saturated heterocycles. The molecule has 0 N–H and O–H groups in total. The third-order valence-corrected chi connectivity index (χ3v) is 3.29. The molecule has 18 heavy (non-hydrogen) atoms. The number of carbonyl (C=O) groups excluding carboxylic acids is 1. The second-order valence-electron chi connectivity index (χ2n) is 5.80. The molecule has 1 radical (unpaired) electrons. The van der Waals surface area contributed by atoms with Gasteiger partial charge in [-0.1, -0.05) is 20.8 Å². The van der Waals surface area contributed by atoms with Gasteiger partial charge in [-0.25, -0.2) is 0 Å². The SMILES string of the molecule is CC(=O)c1cc(C(O[Si](C)C)C(C)(C)C)ccn1. The average molecular weight is 264 g/mol. The molecule has 4 heteroatoms. The van der Waals surface area contributed by atoms with E-state index < -0.39 is 9.04 Å². The first-order chi connectivity index (χ1) is 8.21. The van der Waals surface area contributed by atoms with Crippen LogP contribution in [-0.4, -0.2) is 19.8 Å². The molecule has 1 unspecified atom stereocenters. The van der Waals surface area contributed by atoms with Crippen LogP contribution in [0.15, 0.2) is 18.3 Å². The van der Waals surface area contributed by atoms with Crippen LogP contribution in [0.5, 0.6) is 0 Å². The van der Waals surface area contributed by atoms with E-state index in [4.69, 9.17) is 4.43 Å². The molecule has 3 nitrogen and oxygen atoms in total. The maximum absolute atomic E-state index is 11.4. The fourth-order valence-electron chi connectivity index (χ4n) is 1.78. The van der Waals surface area contributed by atoms with Crippen LogP contribution in [0, 0.1) is 5.41 Å². The average Bonchev–Trinajstić information content (AvgIpc) is 2.24. The van der Waals surface area contributed by atoms with Crippen molar-refractivity contribution in [1.29, 1.82) is 0 Å². The van der Waals surface area contributed by atoms with Gasteiger partial charge in [-0.05, 0) is 36.2 Å². The Labute approximate surface area is 111 Å². The summed E-state index contributed by atoms with van der Waals surface area (Å²) in [6.07, 6.45) is 1.69. The Kier molecular flexibility index (Phi) is 4.82. The van der Waals surface area contributed by atoms with Crippen LogP contribution >= 0.6 is 0 Å². The molecule has 1 rings (SSSR count). The Bertz CT molecular complexity index is 424. The molecule has 0 spiro atoms. The Balaban J connectivity index is 3.13. The van der Waals surface area contributed by atoms with Crippen LogP contribution in [0.3, 0.4) is 0 Å². The second-order valence-corrected chi connectivity index (χ2v) is 7.85. The lowest BCUT2D eigenvalue weighted by molar-refractivity contribution is 0.0862. The van der Waals surface area contributed by atoms with Crippen molar-refractivity contribution in [2.45, 2.75) is 46.9 Å². The predicted octanol–water partition coefficient (Wildman–Crippen LogP) is 3.64. The van der Waals surface area contributed by atoms with Crippen molar-refractivity contribution in [3.05, 3.63) is 29.6 Å². The van der Waals surface area contributed by atoms with Crippen molar-refractivity contribution in [2.24, 2.45) is 5.41 Å². The standard InChI is InChI=1S/C14H22NO2Si/c1-10(16)12-9-11(7-8-15-12)13(14(2,3)4)17-18(5)6/h7-9,13H,1-6H3. The zero-order chi connectivity index (χ0) is 13.9. The van der Waals surface area contributed by atoms with Gasteiger partial charge in [-0.2, -0.15) is 0 Å². The Morgan fingerprint density at radius 1 is 1.39 bits per heavy atom. The molecule has 0 aromatic carbocycles. The van der Waals surface area contributed by atoms with E-state index in [0.29, 0.717) is 5.69 Å². The molecular formula is C14H22NO2Si. The number of Topliss-reactive ketones (excluding diaryl/α,β-unsaturated/α-hetero) is 1. The second kappa shape index (κ2) is 5.76. The fourth-order valence-corrected chi connectivity index (χ4v) is 2.74. The Morgan fingerprint density at radius 2 is 2.00 bits per heavy atom. The number of carbonyl (C=O) groups is 1. The summed E-state index contributed by atoms with van der Waals surface area (Å²) in [7, 11) is -0.801. The molecule has 0 aliphatic heterocycles. The zero-order valence-corrected chi connectivity index (χ0v) is 13.1. The van der Waals surface area contributed by atoms with Crippen LogP contribution < -0.4 is 0 Å². The molecule has 0 amide bonds. The topological polar surface area (TPSA) is 39.2 Å². The number of ketones is 1. The first kappa shape index (κ1) is 15.1. The third-order valence-electron chi connectivity index (χ3n) is 2.59. The van der Waals surface area contributed by atoms with E-state index in [0.717, 1.165) is 5.56 Å². The van der Waals surface area contributed by atoms with Gasteiger partial charge in [-0.15, -0.1) is 0 Å². The molecular weight excluding hydrogens is 242 g/mol.